The molecule has 0 amide bonds. The largest absolute Gasteiger partial charge is 0.748 e. The smallest absolute Gasteiger partial charge is 0.500 e. The molecule has 25 heavy (non-hydrogen) atoms. The van der Waals surface area contributed by atoms with E-state index in [0.717, 1.165) is 30.5 Å². The molecule has 0 aliphatic rings. The van der Waals surface area contributed by atoms with Crippen LogP contribution in [0.4, 0.5) is 0 Å². The van der Waals surface area contributed by atoms with Gasteiger partial charge in [0.2, 0.25) is 6.33 Å². The number of aryl methyl sites for hydroxylation is 2. The third-order valence-electron chi connectivity index (χ3n) is 3.02. The molecule has 8 nitrogen and oxygen atoms in total. The monoisotopic (exact) mass is 416 g/mol. The van der Waals surface area contributed by atoms with Crippen LogP contribution in [0.25, 0.3) is 0 Å². The summed E-state index contributed by atoms with van der Waals surface area (Å²) in [5.74, 6) is 2.23. The van der Waals surface area contributed by atoms with E-state index >= 15 is 0 Å². The topological polar surface area (TPSA) is 93.7 Å². The van der Waals surface area contributed by atoms with Crippen LogP contribution >= 0.6 is 11.8 Å². The summed E-state index contributed by atoms with van der Waals surface area (Å²) in [6.45, 7) is 1.05. The Labute approximate surface area is 157 Å². The van der Waals surface area contributed by atoms with Gasteiger partial charge in [-0.25, -0.2) is 17.6 Å². The molecular weight excluding hydrogens is 384 g/mol. The van der Waals surface area contributed by atoms with Gasteiger partial charge >= 0.3 is 8.80 Å². The van der Waals surface area contributed by atoms with Gasteiger partial charge in [0.15, 0.2) is 0 Å². The minimum atomic E-state index is -3.92. The fourth-order valence-electron chi connectivity index (χ4n) is 1.85. The Morgan fingerprint density at radius 1 is 1.20 bits per heavy atom. The summed E-state index contributed by atoms with van der Waals surface area (Å²) in [7, 11) is 0.754. The van der Waals surface area contributed by atoms with E-state index in [1.165, 1.54) is 0 Å². The van der Waals surface area contributed by atoms with Gasteiger partial charge in [0.25, 0.3) is 0 Å². The first-order valence-electron chi connectivity index (χ1n) is 7.31. The van der Waals surface area contributed by atoms with Crippen molar-refractivity contribution in [2.45, 2.75) is 26.4 Å². The molecule has 1 heterocycles. The first-order valence-corrected chi connectivity index (χ1v) is 12.2. The molecule has 0 aliphatic carbocycles. The number of hydrogen-bond donors (Lipinski definition) is 0. The van der Waals surface area contributed by atoms with Crippen molar-refractivity contribution in [2.24, 2.45) is 7.05 Å². The van der Waals surface area contributed by atoms with Gasteiger partial charge in [-0.05, 0) is 12.2 Å². The van der Waals surface area contributed by atoms with Crippen LogP contribution in [0.15, 0.2) is 18.7 Å². The molecule has 0 radical (unpaired) electrons. The van der Waals surface area contributed by atoms with Crippen LogP contribution in [0.2, 0.25) is 6.04 Å². The Bertz CT molecular complexity index is 533. The van der Waals surface area contributed by atoms with Gasteiger partial charge in [-0.1, -0.05) is 7.43 Å². The van der Waals surface area contributed by atoms with E-state index in [2.05, 4.69) is 27.9 Å². The first-order chi connectivity index (χ1) is 11.2. The normalized spacial score (nSPS) is 11.4. The minimum Gasteiger partial charge on any atom is -0.748 e. The molecule has 0 saturated carbocycles. The SMILES string of the molecule is C.CO[Si](CCCSCCn1cc[n+](C)c1)(OC)OC.CS(=O)(=O)[O-]. The molecule has 0 aliphatic heterocycles. The van der Waals surface area contributed by atoms with Gasteiger partial charge in [0, 0.05) is 39.4 Å². The van der Waals surface area contributed by atoms with Crippen LogP contribution in [0, 0.1) is 0 Å². The van der Waals surface area contributed by atoms with Crippen molar-refractivity contribution >= 4 is 30.7 Å². The number of rotatable bonds is 10. The van der Waals surface area contributed by atoms with E-state index in [4.69, 9.17) is 26.2 Å². The van der Waals surface area contributed by atoms with Crippen molar-refractivity contribution in [2.75, 3.05) is 39.1 Å². The van der Waals surface area contributed by atoms with E-state index in [1.54, 1.807) is 21.3 Å². The standard InChI is InChI=1S/C12H25N2O3SSi.CH4O3S.CH4/c1-13-6-7-14(12-13)8-10-18-9-5-11-19(15-2,16-3)17-4;1-5(2,3)4;/h6-7,12H,5,8-11H2,1-4H3;1H3,(H,2,3,4);1H4/q+1;;/p-1. The Morgan fingerprint density at radius 3 is 2.12 bits per heavy atom. The molecule has 1 aromatic rings. The molecule has 1 rings (SSSR count). The highest BCUT2D eigenvalue weighted by Gasteiger charge is 2.36. The van der Waals surface area contributed by atoms with Gasteiger partial charge in [0.05, 0.1) is 23.7 Å². The summed E-state index contributed by atoms with van der Waals surface area (Å²) in [6, 6.07) is 0.877. The molecule has 150 valence electrons. The van der Waals surface area contributed by atoms with E-state index < -0.39 is 18.9 Å². The molecule has 0 atom stereocenters. The van der Waals surface area contributed by atoms with Crippen molar-refractivity contribution in [3.05, 3.63) is 18.7 Å². The van der Waals surface area contributed by atoms with Crippen molar-refractivity contribution < 1.29 is 30.8 Å². The molecule has 0 fully saturated rings. The second-order valence-electron chi connectivity index (χ2n) is 5.03. The van der Waals surface area contributed by atoms with Gasteiger partial charge in [-0.2, -0.15) is 11.8 Å². The van der Waals surface area contributed by atoms with E-state index in [1.807, 2.05) is 18.8 Å². The predicted molar refractivity (Wildman–Crippen MR) is 101 cm³/mol. The quantitative estimate of drug-likeness (QED) is 0.244. The second-order valence-corrected chi connectivity index (χ2v) is 10.8. The number of nitrogens with zero attached hydrogens (tertiary/aromatic N) is 2. The molecule has 1 aromatic heterocycles. The Morgan fingerprint density at radius 2 is 1.72 bits per heavy atom. The Hall–Kier alpha value is -0.433. The van der Waals surface area contributed by atoms with Gasteiger partial charge in [-0.3, -0.25) is 0 Å². The lowest BCUT2D eigenvalue weighted by atomic mass is 10.6. The van der Waals surface area contributed by atoms with Gasteiger partial charge in [-0.15, -0.1) is 0 Å². The van der Waals surface area contributed by atoms with Gasteiger partial charge in [0.1, 0.15) is 12.4 Å². The van der Waals surface area contributed by atoms with Crippen LogP contribution in [-0.2, 0) is 37.0 Å². The lowest BCUT2D eigenvalue weighted by molar-refractivity contribution is -0.671. The zero-order valence-corrected chi connectivity index (χ0v) is 17.6. The van der Waals surface area contributed by atoms with Crippen molar-refractivity contribution in [1.82, 2.24) is 4.57 Å². The average molecular weight is 417 g/mol. The summed E-state index contributed by atoms with van der Waals surface area (Å²) < 4.78 is 47.7. The van der Waals surface area contributed by atoms with Gasteiger partial charge < -0.3 is 17.8 Å². The zero-order chi connectivity index (χ0) is 18.6. The average Bonchev–Trinajstić information content (AvgIpc) is 2.91. The minimum absolute atomic E-state index is 0. The van der Waals surface area contributed by atoms with Crippen molar-refractivity contribution in [1.29, 1.82) is 0 Å². The molecular formula is C14H32N2O6S2Si. The van der Waals surface area contributed by atoms with E-state index in [9.17, 15) is 0 Å². The molecule has 11 heteroatoms. The highest BCUT2D eigenvalue weighted by Crippen LogP contribution is 2.17. The third kappa shape index (κ3) is 14.4. The molecule has 0 aromatic carbocycles. The maximum absolute atomic E-state index is 9.08. The molecule has 0 N–H and O–H groups in total. The zero-order valence-electron chi connectivity index (χ0n) is 14.9. The lowest BCUT2D eigenvalue weighted by Gasteiger charge is -2.24. The van der Waals surface area contributed by atoms with Crippen LogP contribution in [-0.4, -0.2) is 65.4 Å². The maximum atomic E-state index is 9.08. The van der Waals surface area contributed by atoms with E-state index in [-0.39, 0.29) is 7.43 Å². The predicted octanol–water partition coefficient (Wildman–Crippen LogP) is 1.11. The van der Waals surface area contributed by atoms with Crippen LogP contribution in [0.5, 0.6) is 0 Å². The summed E-state index contributed by atoms with van der Waals surface area (Å²) in [5, 5.41) is 0. The van der Waals surface area contributed by atoms with Crippen molar-refractivity contribution in [3.8, 4) is 0 Å². The molecule has 0 saturated heterocycles. The summed E-state index contributed by atoms with van der Waals surface area (Å²) in [6.07, 6.45) is 7.91. The number of aromatic nitrogens is 2. The summed E-state index contributed by atoms with van der Waals surface area (Å²) in [4.78, 5) is 0. The Kier molecular flexibility index (Phi) is 14.7. The summed E-state index contributed by atoms with van der Waals surface area (Å²) >= 11 is 1.95. The molecule has 0 unspecified atom stereocenters. The highest BCUT2D eigenvalue weighted by molar-refractivity contribution is 7.99. The van der Waals surface area contributed by atoms with Crippen LogP contribution in [0.3, 0.4) is 0 Å². The highest BCUT2D eigenvalue weighted by atomic mass is 32.2. The molecule has 0 spiro atoms. The number of imidazole rings is 1. The fraction of sp³-hybridized carbons (Fsp3) is 0.786. The van der Waals surface area contributed by atoms with Crippen LogP contribution in [0.1, 0.15) is 13.8 Å². The number of thioether (sulfide) groups is 1. The maximum Gasteiger partial charge on any atom is 0.500 e. The first kappa shape index (κ1) is 26.8. The lowest BCUT2D eigenvalue weighted by Crippen LogP contribution is -2.42. The van der Waals surface area contributed by atoms with Crippen molar-refractivity contribution in [3.63, 3.8) is 0 Å². The summed E-state index contributed by atoms with van der Waals surface area (Å²) in [5.41, 5.74) is 0. The second kappa shape index (κ2) is 13.7. The van der Waals surface area contributed by atoms with Crippen LogP contribution < -0.4 is 4.57 Å². The molecule has 0 bridgehead atoms. The fourth-order valence-corrected chi connectivity index (χ4v) is 4.72. The Balaban J connectivity index is 0. The van der Waals surface area contributed by atoms with E-state index in [0.29, 0.717) is 6.26 Å². The number of hydrogen-bond acceptors (Lipinski definition) is 7. The third-order valence-corrected chi connectivity index (χ3v) is 6.90.